The zero-order valence-electron chi connectivity index (χ0n) is 17.1. The third kappa shape index (κ3) is 4.59. The first-order valence-electron chi connectivity index (χ1n) is 9.68. The van der Waals surface area contributed by atoms with E-state index in [0.717, 1.165) is 12.1 Å². The number of carbonyl (C=O) groups is 1. The molecule has 33 heavy (non-hydrogen) atoms. The number of carboxylic acid groups (broad SMARTS) is 1. The molecule has 0 aliphatic heterocycles. The number of aromatic carboxylic acids is 1. The third-order valence-electron chi connectivity index (χ3n) is 4.88. The molecule has 0 aliphatic carbocycles. The van der Waals surface area contributed by atoms with Crippen LogP contribution in [0.1, 0.15) is 27.3 Å². The highest BCUT2D eigenvalue weighted by Crippen LogP contribution is 2.32. The van der Waals surface area contributed by atoms with Crippen LogP contribution in [0.2, 0.25) is 0 Å². The van der Waals surface area contributed by atoms with Crippen LogP contribution in [0.3, 0.4) is 0 Å². The summed E-state index contributed by atoms with van der Waals surface area (Å²) in [5, 5.41) is 12.8. The smallest absolute Gasteiger partial charge is 0.416 e. The molecule has 4 rings (SSSR count). The van der Waals surface area contributed by atoms with Crippen LogP contribution in [0.4, 0.5) is 28.9 Å². The molecule has 0 bridgehead atoms. The SMILES string of the molecule is Cc1cc(Nc2ccc(C(F)(F)F)cc2)c2ccc(-c3nc(C(=O)O)ccc3CF)nc2n1. The van der Waals surface area contributed by atoms with Gasteiger partial charge in [-0.1, -0.05) is 6.07 Å². The number of aryl methyl sites for hydroxylation is 1. The van der Waals surface area contributed by atoms with Crippen LogP contribution < -0.4 is 5.32 Å². The molecular formula is C23H16F4N4O2. The van der Waals surface area contributed by atoms with E-state index in [-0.39, 0.29) is 28.3 Å². The Bertz CT molecular complexity index is 1360. The van der Waals surface area contributed by atoms with E-state index in [1.165, 1.54) is 24.3 Å². The van der Waals surface area contributed by atoms with Gasteiger partial charge in [0.1, 0.15) is 12.4 Å². The predicted molar refractivity (Wildman–Crippen MR) is 114 cm³/mol. The Labute approximate surface area is 185 Å². The number of hydrogen-bond donors (Lipinski definition) is 2. The number of nitrogens with one attached hydrogen (secondary N) is 1. The summed E-state index contributed by atoms with van der Waals surface area (Å²) in [5.74, 6) is -1.25. The highest BCUT2D eigenvalue weighted by molar-refractivity contribution is 5.92. The lowest BCUT2D eigenvalue weighted by Crippen LogP contribution is -2.05. The number of hydrogen-bond acceptors (Lipinski definition) is 5. The second-order valence-electron chi connectivity index (χ2n) is 7.22. The fourth-order valence-corrected chi connectivity index (χ4v) is 3.30. The number of aromatic nitrogens is 3. The average Bonchev–Trinajstić information content (AvgIpc) is 2.77. The summed E-state index contributed by atoms with van der Waals surface area (Å²) in [6.45, 7) is 0.867. The Morgan fingerprint density at radius 3 is 2.36 bits per heavy atom. The van der Waals surface area contributed by atoms with Crippen LogP contribution in [0.15, 0.2) is 54.6 Å². The van der Waals surface area contributed by atoms with Crippen LogP contribution in [0, 0.1) is 6.92 Å². The minimum atomic E-state index is -4.43. The van der Waals surface area contributed by atoms with Gasteiger partial charge in [0.2, 0.25) is 0 Å². The Kier molecular flexibility index (Phi) is 5.67. The molecule has 4 aromatic rings. The average molecular weight is 456 g/mol. The maximum Gasteiger partial charge on any atom is 0.416 e. The van der Waals surface area contributed by atoms with E-state index in [1.807, 2.05) is 0 Å². The van der Waals surface area contributed by atoms with Crippen LogP contribution >= 0.6 is 0 Å². The molecule has 0 spiro atoms. The molecule has 3 aromatic heterocycles. The summed E-state index contributed by atoms with van der Waals surface area (Å²) in [6, 6.07) is 12.1. The van der Waals surface area contributed by atoms with Gasteiger partial charge in [0.15, 0.2) is 5.65 Å². The number of fused-ring (bicyclic) bond motifs is 1. The van der Waals surface area contributed by atoms with Crippen molar-refractivity contribution in [3.8, 4) is 11.4 Å². The Hall–Kier alpha value is -4.08. The van der Waals surface area contributed by atoms with E-state index in [0.29, 0.717) is 22.5 Å². The largest absolute Gasteiger partial charge is 0.477 e. The summed E-state index contributed by atoms with van der Waals surface area (Å²) in [6.07, 6.45) is -4.43. The van der Waals surface area contributed by atoms with Crippen LogP contribution in [-0.2, 0) is 12.9 Å². The predicted octanol–water partition coefficient (Wildman–Crippen LogP) is 5.93. The number of benzene rings is 1. The molecule has 0 saturated carbocycles. The van der Waals surface area contributed by atoms with E-state index >= 15 is 0 Å². The highest BCUT2D eigenvalue weighted by Gasteiger charge is 2.30. The number of nitrogens with zero attached hydrogens (tertiary/aromatic N) is 3. The first-order chi connectivity index (χ1) is 15.7. The zero-order valence-corrected chi connectivity index (χ0v) is 17.1. The molecule has 0 aliphatic rings. The summed E-state index contributed by atoms with van der Waals surface area (Å²) >= 11 is 0. The van der Waals surface area contributed by atoms with Gasteiger partial charge in [0, 0.05) is 22.3 Å². The van der Waals surface area contributed by atoms with Crippen molar-refractivity contribution >= 4 is 28.4 Å². The van der Waals surface area contributed by atoms with E-state index in [4.69, 9.17) is 0 Å². The van der Waals surface area contributed by atoms with Gasteiger partial charge in [0.25, 0.3) is 0 Å². The molecular weight excluding hydrogens is 440 g/mol. The van der Waals surface area contributed by atoms with E-state index in [1.54, 1.807) is 25.1 Å². The Morgan fingerprint density at radius 2 is 1.73 bits per heavy atom. The maximum atomic E-state index is 13.5. The van der Waals surface area contributed by atoms with Crippen LogP contribution in [-0.4, -0.2) is 26.0 Å². The normalized spacial score (nSPS) is 11.5. The first kappa shape index (κ1) is 22.1. The second-order valence-corrected chi connectivity index (χ2v) is 7.22. The van der Waals surface area contributed by atoms with Gasteiger partial charge in [0.05, 0.1) is 22.6 Å². The molecule has 168 valence electrons. The van der Waals surface area contributed by atoms with Crippen LogP contribution in [0.25, 0.3) is 22.4 Å². The Morgan fingerprint density at radius 1 is 1.00 bits per heavy atom. The van der Waals surface area contributed by atoms with Gasteiger partial charge < -0.3 is 10.4 Å². The summed E-state index contributed by atoms with van der Waals surface area (Å²) < 4.78 is 51.9. The van der Waals surface area contributed by atoms with Crippen molar-refractivity contribution in [2.45, 2.75) is 19.8 Å². The van der Waals surface area contributed by atoms with Crippen molar-refractivity contribution in [1.82, 2.24) is 15.0 Å². The number of pyridine rings is 3. The number of halogens is 4. The summed E-state index contributed by atoms with van der Waals surface area (Å²) in [5.41, 5.74) is 1.40. The molecule has 3 heterocycles. The third-order valence-corrected chi connectivity index (χ3v) is 4.88. The molecule has 0 fully saturated rings. The lowest BCUT2D eigenvalue weighted by molar-refractivity contribution is -0.137. The first-order valence-corrected chi connectivity index (χ1v) is 9.68. The molecule has 6 nitrogen and oxygen atoms in total. The summed E-state index contributed by atoms with van der Waals surface area (Å²) in [4.78, 5) is 24.1. The number of rotatable bonds is 5. The van der Waals surface area contributed by atoms with Gasteiger partial charge in [-0.15, -0.1) is 0 Å². The Balaban J connectivity index is 1.75. The van der Waals surface area contributed by atoms with Gasteiger partial charge in [-0.2, -0.15) is 13.2 Å². The molecule has 10 heteroatoms. The fourth-order valence-electron chi connectivity index (χ4n) is 3.30. The van der Waals surface area contributed by atoms with Crippen molar-refractivity contribution in [2.24, 2.45) is 0 Å². The minimum absolute atomic E-state index is 0.0971. The fraction of sp³-hybridized carbons (Fsp3) is 0.130. The minimum Gasteiger partial charge on any atom is -0.477 e. The number of anilines is 2. The maximum absolute atomic E-state index is 13.5. The standard InChI is InChI=1S/C23H16F4N4O2/c1-12-10-19(29-15-5-3-14(4-6-15)23(25,26)27)16-7-9-17(31-21(16)28-12)20-13(11-24)2-8-18(30-20)22(32)33/h2-10H,11H2,1H3,(H,32,33)(H,28,29,31). The van der Waals surface area contributed by atoms with Gasteiger partial charge >= 0.3 is 12.1 Å². The topological polar surface area (TPSA) is 88.0 Å². The van der Waals surface area contributed by atoms with Crippen molar-refractivity contribution in [3.05, 3.63) is 77.1 Å². The summed E-state index contributed by atoms with van der Waals surface area (Å²) in [7, 11) is 0. The molecule has 0 amide bonds. The van der Waals surface area contributed by atoms with E-state index < -0.39 is 24.4 Å². The molecule has 0 saturated heterocycles. The monoisotopic (exact) mass is 456 g/mol. The molecule has 1 aromatic carbocycles. The molecule has 0 radical (unpaired) electrons. The lowest BCUT2D eigenvalue weighted by atomic mass is 10.1. The number of carboxylic acids is 1. The van der Waals surface area contributed by atoms with Gasteiger partial charge in [-0.25, -0.2) is 24.1 Å². The van der Waals surface area contributed by atoms with Gasteiger partial charge in [-0.3, -0.25) is 0 Å². The van der Waals surface area contributed by atoms with Gasteiger partial charge in [-0.05, 0) is 55.5 Å². The van der Waals surface area contributed by atoms with E-state index in [2.05, 4.69) is 20.3 Å². The number of alkyl halides is 4. The molecule has 0 unspecified atom stereocenters. The molecule has 0 atom stereocenters. The quantitative estimate of drug-likeness (QED) is 0.362. The highest BCUT2D eigenvalue weighted by atomic mass is 19.4. The van der Waals surface area contributed by atoms with Crippen molar-refractivity contribution < 1.29 is 27.5 Å². The van der Waals surface area contributed by atoms with Crippen LogP contribution in [0.5, 0.6) is 0 Å². The van der Waals surface area contributed by atoms with E-state index in [9.17, 15) is 27.5 Å². The van der Waals surface area contributed by atoms with Crippen molar-refractivity contribution in [2.75, 3.05) is 5.32 Å². The lowest BCUT2D eigenvalue weighted by Gasteiger charge is -2.13. The van der Waals surface area contributed by atoms with Crippen molar-refractivity contribution in [3.63, 3.8) is 0 Å². The zero-order chi connectivity index (χ0) is 23.8. The van der Waals surface area contributed by atoms with Crippen molar-refractivity contribution in [1.29, 1.82) is 0 Å². The molecule has 2 N–H and O–H groups in total. The second kappa shape index (κ2) is 8.45.